The molecule has 1 aliphatic heterocycles. The molecule has 3 amide bonds. The minimum Gasteiger partial charge on any atom is -0.480 e. The van der Waals surface area contributed by atoms with Crippen molar-refractivity contribution in [3.8, 4) is 0 Å². The van der Waals surface area contributed by atoms with Crippen LogP contribution in [0, 0.1) is 0 Å². The normalized spacial score (nSPS) is 22.2. The van der Waals surface area contributed by atoms with Gasteiger partial charge in [-0.05, 0) is 25.8 Å². The molecule has 1 aliphatic rings. The van der Waals surface area contributed by atoms with Gasteiger partial charge >= 0.3 is 12.0 Å². The van der Waals surface area contributed by atoms with Gasteiger partial charge in [-0.15, -0.1) is 6.58 Å². The van der Waals surface area contributed by atoms with E-state index < -0.39 is 23.4 Å². The summed E-state index contributed by atoms with van der Waals surface area (Å²) in [7, 11) is 0. The number of carbonyl (C=O) groups is 3. The quantitative estimate of drug-likeness (QED) is 0.610. The number of nitrogens with zero attached hydrogens (tertiary/aromatic N) is 1. The molecule has 1 atom stereocenters. The van der Waals surface area contributed by atoms with Gasteiger partial charge in [0.15, 0.2) is 0 Å². The molecule has 1 fully saturated rings. The Morgan fingerprint density at radius 2 is 2.15 bits per heavy atom. The highest BCUT2D eigenvalue weighted by Crippen LogP contribution is 2.32. The third-order valence-electron chi connectivity index (χ3n) is 3.60. The summed E-state index contributed by atoms with van der Waals surface area (Å²) in [6, 6.07) is -0.605. The van der Waals surface area contributed by atoms with Crippen LogP contribution in [0.1, 0.15) is 26.2 Å². The van der Waals surface area contributed by atoms with Crippen LogP contribution in [0.2, 0.25) is 0 Å². The molecule has 0 aromatic heterocycles. The zero-order valence-electron chi connectivity index (χ0n) is 11.6. The number of carboxylic acid groups (broad SMARTS) is 1. The first-order valence-electron chi connectivity index (χ1n) is 6.63. The number of amides is 3. The Labute approximate surface area is 118 Å². The molecule has 1 rings (SSSR count). The average molecular weight is 283 g/mol. The lowest BCUT2D eigenvalue weighted by molar-refractivity contribution is -0.150. The first-order chi connectivity index (χ1) is 9.46. The largest absolute Gasteiger partial charge is 0.480 e. The van der Waals surface area contributed by atoms with E-state index in [1.807, 2.05) is 0 Å². The van der Waals surface area contributed by atoms with Gasteiger partial charge in [0, 0.05) is 6.54 Å². The average Bonchev–Trinajstić information content (AvgIpc) is 2.80. The lowest BCUT2D eigenvalue weighted by atomic mass is 9.93. The summed E-state index contributed by atoms with van der Waals surface area (Å²) >= 11 is 0. The van der Waals surface area contributed by atoms with Gasteiger partial charge in [0.1, 0.15) is 5.54 Å². The molecule has 0 spiro atoms. The van der Waals surface area contributed by atoms with Gasteiger partial charge in [0.05, 0.1) is 6.54 Å². The molecule has 7 heteroatoms. The molecule has 0 bridgehead atoms. The molecule has 0 aliphatic carbocycles. The molecule has 0 aromatic carbocycles. The number of hydrogen-bond acceptors (Lipinski definition) is 4. The minimum absolute atomic E-state index is 0.0956. The minimum atomic E-state index is -0.991. The molecule has 1 saturated heterocycles. The van der Waals surface area contributed by atoms with Crippen molar-refractivity contribution in [1.29, 1.82) is 0 Å². The lowest BCUT2D eigenvalue weighted by Crippen LogP contribution is -2.54. The van der Waals surface area contributed by atoms with Gasteiger partial charge in [0.2, 0.25) is 5.91 Å². The second-order valence-electron chi connectivity index (χ2n) is 4.76. The predicted octanol–water partition coefficient (Wildman–Crippen LogP) is 0.327. The third kappa shape index (κ3) is 3.57. The van der Waals surface area contributed by atoms with Crippen LogP contribution in [0.5, 0.6) is 0 Å². The van der Waals surface area contributed by atoms with Crippen molar-refractivity contribution < 1.29 is 19.5 Å². The summed E-state index contributed by atoms with van der Waals surface area (Å²) < 4.78 is 0. The smallest absolute Gasteiger partial charge is 0.324 e. The van der Waals surface area contributed by atoms with E-state index in [0.717, 1.165) is 6.42 Å². The van der Waals surface area contributed by atoms with E-state index in [0.29, 0.717) is 19.4 Å². The van der Waals surface area contributed by atoms with Crippen LogP contribution in [0.4, 0.5) is 4.79 Å². The van der Waals surface area contributed by atoms with Gasteiger partial charge in [-0.3, -0.25) is 19.8 Å². The first-order valence-corrected chi connectivity index (χ1v) is 6.63. The van der Waals surface area contributed by atoms with Crippen molar-refractivity contribution in [3.05, 3.63) is 12.7 Å². The van der Waals surface area contributed by atoms with Crippen LogP contribution in [0.25, 0.3) is 0 Å². The Morgan fingerprint density at radius 3 is 2.70 bits per heavy atom. The highest BCUT2D eigenvalue weighted by molar-refractivity contribution is 5.95. The van der Waals surface area contributed by atoms with Gasteiger partial charge in [-0.25, -0.2) is 4.79 Å². The van der Waals surface area contributed by atoms with Crippen LogP contribution >= 0.6 is 0 Å². The number of urea groups is 1. The summed E-state index contributed by atoms with van der Waals surface area (Å²) in [5.41, 5.74) is -0.991. The molecular weight excluding hydrogens is 262 g/mol. The summed E-state index contributed by atoms with van der Waals surface area (Å²) in [6.07, 6.45) is 3.18. The summed E-state index contributed by atoms with van der Waals surface area (Å²) in [5.74, 6) is -1.42. The van der Waals surface area contributed by atoms with Crippen molar-refractivity contribution in [2.24, 2.45) is 0 Å². The SMILES string of the molecule is C=CCNC(=O)NC(=O)CN1CCCC1(CC)C(=O)O. The summed E-state index contributed by atoms with van der Waals surface area (Å²) in [4.78, 5) is 36.2. The fourth-order valence-corrected chi connectivity index (χ4v) is 2.51. The molecule has 0 saturated carbocycles. The second kappa shape index (κ2) is 7.04. The van der Waals surface area contributed by atoms with Crippen molar-refractivity contribution in [2.75, 3.05) is 19.6 Å². The number of hydrogen-bond donors (Lipinski definition) is 3. The highest BCUT2D eigenvalue weighted by atomic mass is 16.4. The number of aliphatic carboxylic acids is 1. The van der Waals surface area contributed by atoms with Crippen LogP contribution in [0.3, 0.4) is 0 Å². The maximum Gasteiger partial charge on any atom is 0.324 e. The van der Waals surface area contributed by atoms with E-state index >= 15 is 0 Å². The van der Waals surface area contributed by atoms with E-state index in [2.05, 4.69) is 17.2 Å². The number of likely N-dealkylation sites (tertiary alicyclic amines) is 1. The van der Waals surface area contributed by atoms with Gasteiger partial charge < -0.3 is 10.4 Å². The molecule has 20 heavy (non-hydrogen) atoms. The van der Waals surface area contributed by atoms with Crippen molar-refractivity contribution in [1.82, 2.24) is 15.5 Å². The highest BCUT2D eigenvalue weighted by Gasteiger charge is 2.46. The standard InChI is InChI=1S/C13H21N3O4/c1-3-7-14-12(20)15-10(17)9-16-8-5-6-13(16,4-2)11(18)19/h3H,1,4-9H2,2H3,(H,18,19)(H2,14,15,17,20). The molecule has 3 N–H and O–H groups in total. The Kier molecular flexibility index (Phi) is 5.69. The predicted molar refractivity (Wildman–Crippen MR) is 73.2 cm³/mol. The molecule has 1 heterocycles. The molecule has 0 aromatic rings. The van der Waals surface area contributed by atoms with Crippen molar-refractivity contribution >= 4 is 17.9 Å². The van der Waals surface area contributed by atoms with E-state index in [1.54, 1.807) is 11.8 Å². The number of rotatable bonds is 6. The maximum absolute atomic E-state index is 11.8. The van der Waals surface area contributed by atoms with Gasteiger partial charge in [0.25, 0.3) is 0 Å². The topological polar surface area (TPSA) is 98.7 Å². The Hall–Kier alpha value is -1.89. The van der Waals surface area contributed by atoms with Crippen molar-refractivity contribution in [2.45, 2.75) is 31.7 Å². The van der Waals surface area contributed by atoms with Crippen molar-refractivity contribution in [3.63, 3.8) is 0 Å². The van der Waals surface area contributed by atoms with Crippen LogP contribution in [0.15, 0.2) is 12.7 Å². The van der Waals surface area contributed by atoms with E-state index in [9.17, 15) is 19.5 Å². The number of imide groups is 1. The summed E-state index contributed by atoms with van der Waals surface area (Å²) in [6.45, 7) is 5.95. The van der Waals surface area contributed by atoms with E-state index in [-0.39, 0.29) is 13.1 Å². The molecular formula is C13H21N3O4. The first kappa shape index (κ1) is 16.2. The third-order valence-corrected chi connectivity index (χ3v) is 3.60. The molecule has 1 unspecified atom stereocenters. The summed E-state index contributed by atoms with van der Waals surface area (Å²) in [5, 5.41) is 14.0. The van der Waals surface area contributed by atoms with Crippen LogP contribution < -0.4 is 10.6 Å². The zero-order valence-corrected chi connectivity index (χ0v) is 11.6. The van der Waals surface area contributed by atoms with Crippen LogP contribution in [-0.4, -0.2) is 53.1 Å². The number of nitrogens with one attached hydrogen (secondary N) is 2. The number of carboxylic acids is 1. The molecule has 7 nitrogen and oxygen atoms in total. The second-order valence-corrected chi connectivity index (χ2v) is 4.76. The fourth-order valence-electron chi connectivity index (χ4n) is 2.51. The lowest BCUT2D eigenvalue weighted by Gasteiger charge is -2.33. The van der Waals surface area contributed by atoms with Gasteiger partial charge in [-0.2, -0.15) is 0 Å². The van der Waals surface area contributed by atoms with Gasteiger partial charge in [-0.1, -0.05) is 13.0 Å². The monoisotopic (exact) mass is 283 g/mol. The van der Waals surface area contributed by atoms with E-state index in [4.69, 9.17) is 0 Å². The molecule has 0 radical (unpaired) electrons. The Morgan fingerprint density at radius 1 is 1.45 bits per heavy atom. The maximum atomic E-state index is 11.8. The Bertz CT molecular complexity index is 410. The van der Waals surface area contributed by atoms with E-state index in [1.165, 1.54) is 6.08 Å². The fraction of sp³-hybridized carbons (Fsp3) is 0.615. The zero-order chi connectivity index (χ0) is 15.2. The Balaban J connectivity index is 2.58. The van der Waals surface area contributed by atoms with Crippen LogP contribution in [-0.2, 0) is 9.59 Å². The molecule has 112 valence electrons. The number of carbonyl (C=O) groups excluding carboxylic acids is 2.